The van der Waals surface area contributed by atoms with Crippen molar-refractivity contribution < 1.29 is 18.0 Å². The van der Waals surface area contributed by atoms with Crippen LogP contribution in [0.1, 0.15) is 11.8 Å². The third kappa shape index (κ3) is 2.42. The molecule has 5 heteroatoms. The second-order valence-electron chi connectivity index (χ2n) is 2.54. The zero-order valence-corrected chi connectivity index (χ0v) is 7.24. The molecule has 0 saturated heterocycles. The SMILES string of the molecule is C=CC(=O)N[C@H](c1ccco1)C(F)F. The fourth-order valence-corrected chi connectivity index (χ4v) is 0.939. The molecule has 1 N–H and O–H groups in total. The Morgan fingerprint density at radius 1 is 1.64 bits per heavy atom. The van der Waals surface area contributed by atoms with Crippen LogP contribution in [0, 0.1) is 0 Å². The molecule has 1 rings (SSSR count). The van der Waals surface area contributed by atoms with Gasteiger partial charge >= 0.3 is 0 Å². The molecule has 14 heavy (non-hydrogen) atoms. The van der Waals surface area contributed by atoms with Crippen LogP contribution in [0.5, 0.6) is 0 Å². The van der Waals surface area contributed by atoms with Gasteiger partial charge in [0.1, 0.15) is 11.8 Å². The van der Waals surface area contributed by atoms with E-state index in [1.165, 1.54) is 18.4 Å². The second kappa shape index (κ2) is 4.55. The van der Waals surface area contributed by atoms with Crippen molar-refractivity contribution in [3.63, 3.8) is 0 Å². The second-order valence-corrected chi connectivity index (χ2v) is 2.54. The summed E-state index contributed by atoms with van der Waals surface area (Å²) in [5.74, 6) is -0.637. The van der Waals surface area contributed by atoms with Gasteiger partial charge in [0.2, 0.25) is 5.91 Å². The van der Waals surface area contributed by atoms with Crippen molar-refractivity contribution in [1.82, 2.24) is 5.32 Å². The Kier molecular flexibility index (Phi) is 3.39. The van der Waals surface area contributed by atoms with Crippen LogP contribution in [0.4, 0.5) is 8.78 Å². The van der Waals surface area contributed by atoms with Gasteiger partial charge in [0.25, 0.3) is 6.43 Å². The highest BCUT2D eigenvalue weighted by molar-refractivity contribution is 5.87. The Morgan fingerprint density at radius 2 is 2.36 bits per heavy atom. The van der Waals surface area contributed by atoms with Gasteiger partial charge in [0.15, 0.2) is 0 Å². The molecule has 1 atom stereocenters. The van der Waals surface area contributed by atoms with Crippen molar-refractivity contribution in [2.45, 2.75) is 12.5 Å². The van der Waals surface area contributed by atoms with E-state index in [1.54, 1.807) is 0 Å². The Bertz CT molecular complexity index is 309. The van der Waals surface area contributed by atoms with Gasteiger partial charge in [-0.2, -0.15) is 0 Å². The third-order valence-corrected chi connectivity index (χ3v) is 1.58. The zero-order valence-electron chi connectivity index (χ0n) is 7.24. The van der Waals surface area contributed by atoms with Crippen molar-refractivity contribution in [3.8, 4) is 0 Å². The summed E-state index contributed by atoms with van der Waals surface area (Å²) in [6, 6.07) is 1.43. The van der Waals surface area contributed by atoms with Crippen LogP contribution in [0.3, 0.4) is 0 Å². The normalized spacial score (nSPS) is 12.5. The molecule has 3 nitrogen and oxygen atoms in total. The molecule has 0 spiro atoms. The molecule has 0 fully saturated rings. The Balaban J connectivity index is 2.75. The van der Waals surface area contributed by atoms with Crippen molar-refractivity contribution >= 4 is 5.91 Å². The maximum Gasteiger partial charge on any atom is 0.265 e. The van der Waals surface area contributed by atoms with E-state index in [0.717, 1.165) is 6.08 Å². The van der Waals surface area contributed by atoms with Crippen molar-refractivity contribution in [2.75, 3.05) is 0 Å². The lowest BCUT2D eigenvalue weighted by Gasteiger charge is -2.13. The van der Waals surface area contributed by atoms with Crippen LogP contribution in [-0.4, -0.2) is 12.3 Å². The minimum atomic E-state index is -2.72. The van der Waals surface area contributed by atoms with E-state index in [9.17, 15) is 13.6 Å². The minimum absolute atomic E-state index is 0.0233. The molecule has 0 saturated carbocycles. The molecule has 0 radical (unpaired) electrons. The standard InChI is InChI=1S/C9H9F2NO2/c1-2-7(13)12-8(9(10)11)6-4-3-5-14-6/h2-5,8-9H,1H2,(H,12,13)/t8-/m1/s1. The van der Waals surface area contributed by atoms with E-state index >= 15 is 0 Å². The van der Waals surface area contributed by atoms with E-state index < -0.39 is 18.4 Å². The van der Waals surface area contributed by atoms with Gasteiger partial charge in [-0.3, -0.25) is 4.79 Å². The molecule has 0 bridgehead atoms. The lowest BCUT2D eigenvalue weighted by molar-refractivity contribution is -0.118. The highest BCUT2D eigenvalue weighted by Gasteiger charge is 2.25. The van der Waals surface area contributed by atoms with Gasteiger partial charge in [0, 0.05) is 0 Å². The summed E-state index contributed by atoms with van der Waals surface area (Å²) >= 11 is 0. The van der Waals surface area contributed by atoms with E-state index in [-0.39, 0.29) is 5.76 Å². The number of alkyl halides is 2. The zero-order chi connectivity index (χ0) is 10.6. The van der Waals surface area contributed by atoms with Crippen LogP contribution in [0.15, 0.2) is 35.5 Å². The number of hydrogen-bond acceptors (Lipinski definition) is 2. The number of nitrogens with one attached hydrogen (secondary N) is 1. The number of halogens is 2. The highest BCUT2D eigenvalue weighted by Crippen LogP contribution is 2.20. The fourth-order valence-electron chi connectivity index (χ4n) is 0.939. The van der Waals surface area contributed by atoms with Gasteiger partial charge in [-0.25, -0.2) is 8.78 Å². The topological polar surface area (TPSA) is 42.2 Å². The Labute approximate surface area is 79.4 Å². The summed E-state index contributed by atoms with van der Waals surface area (Å²) in [4.78, 5) is 10.8. The van der Waals surface area contributed by atoms with Gasteiger partial charge in [-0.15, -0.1) is 0 Å². The maximum absolute atomic E-state index is 12.5. The summed E-state index contributed by atoms with van der Waals surface area (Å²) in [5.41, 5.74) is 0. The Morgan fingerprint density at radius 3 is 2.79 bits per heavy atom. The van der Waals surface area contributed by atoms with E-state index in [4.69, 9.17) is 4.42 Å². The lowest BCUT2D eigenvalue weighted by atomic mass is 10.2. The van der Waals surface area contributed by atoms with Crippen molar-refractivity contribution in [2.24, 2.45) is 0 Å². The molecule has 0 unspecified atom stereocenters. The van der Waals surface area contributed by atoms with E-state index in [1.807, 2.05) is 0 Å². The predicted molar refractivity (Wildman–Crippen MR) is 45.8 cm³/mol. The first-order chi connectivity index (χ1) is 6.65. The van der Waals surface area contributed by atoms with Crippen LogP contribution < -0.4 is 5.32 Å². The maximum atomic E-state index is 12.5. The van der Waals surface area contributed by atoms with E-state index in [2.05, 4.69) is 11.9 Å². The number of furan rings is 1. The van der Waals surface area contributed by atoms with Gasteiger partial charge < -0.3 is 9.73 Å². The molecule has 0 aliphatic rings. The molecule has 1 aromatic rings. The smallest absolute Gasteiger partial charge is 0.265 e. The van der Waals surface area contributed by atoms with Crippen molar-refractivity contribution in [3.05, 3.63) is 36.8 Å². The molecule has 0 aromatic carbocycles. The van der Waals surface area contributed by atoms with Crippen LogP contribution in [-0.2, 0) is 4.79 Å². The van der Waals surface area contributed by atoms with Crippen LogP contribution >= 0.6 is 0 Å². The third-order valence-electron chi connectivity index (χ3n) is 1.58. The summed E-state index contributed by atoms with van der Waals surface area (Å²) < 4.78 is 29.7. The summed E-state index contributed by atoms with van der Waals surface area (Å²) in [5, 5.41) is 2.07. The molecular formula is C9H9F2NO2. The van der Waals surface area contributed by atoms with Crippen LogP contribution in [0.2, 0.25) is 0 Å². The number of rotatable bonds is 4. The largest absolute Gasteiger partial charge is 0.467 e. The Hall–Kier alpha value is -1.65. The molecule has 1 aromatic heterocycles. The van der Waals surface area contributed by atoms with Gasteiger partial charge in [0.05, 0.1) is 6.26 Å². The summed E-state index contributed by atoms with van der Waals surface area (Å²) in [7, 11) is 0. The first-order valence-corrected chi connectivity index (χ1v) is 3.89. The molecular weight excluding hydrogens is 192 g/mol. The fraction of sp³-hybridized carbons (Fsp3) is 0.222. The summed E-state index contributed by atoms with van der Waals surface area (Å²) in [6.45, 7) is 3.17. The lowest BCUT2D eigenvalue weighted by Crippen LogP contribution is -2.31. The molecule has 1 amide bonds. The summed E-state index contributed by atoms with van der Waals surface area (Å²) in [6.07, 6.45) is -0.520. The molecule has 0 aliphatic carbocycles. The average molecular weight is 201 g/mol. The van der Waals surface area contributed by atoms with Crippen molar-refractivity contribution in [1.29, 1.82) is 0 Å². The number of carbonyl (C=O) groups excluding carboxylic acids is 1. The highest BCUT2D eigenvalue weighted by atomic mass is 19.3. The molecule has 0 aliphatic heterocycles. The van der Waals surface area contributed by atoms with E-state index in [0.29, 0.717) is 0 Å². The molecule has 1 heterocycles. The average Bonchev–Trinajstić information content (AvgIpc) is 2.65. The van der Waals surface area contributed by atoms with Gasteiger partial charge in [-0.1, -0.05) is 6.58 Å². The number of carbonyl (C=O) groups is 1. The monoisotopic (exact) mass is 201 g/mol. The molecule has 76 valence electrons. The first-order valence-electron chi connectivity index (χ1n) is 3.89. The number of amides is 1. The van der Waals surface area contributed by atoms with Crippen LogP contribution in [0.25, 0.3) is 0 Å². The predicted octanol–water partition coefficient (Wildman–Crippen LogP) is 1.89. The number of hydrogen-bond donors (Lipinski definition) is 1. The minimum Gasteiger partial charge on any atom is -0.467 e. The first kappa shape index (κ1) is 10.4. The van der Waals surface area contributed by atoms with Gasteiger partial charge in [-0.05, 0) is 18.2 Å². The quantitative estimate of drug-likeness (QED) is 0.756.